The molecular formula is C21H23N5. The van der Waals surface area contributed by atoms with Gasteiger partial charge < -0.3 is 0 Å². The van der Waals surface area contributed by atoms with Crippen LogP contribution in [0.15, 0.2) is 55.1 Å². The summed E-state index contributed by atoms with van der Waals surface area (Å²) in [6.07, 6.45) is 9.89. The Hall–Kier alpha value is -2.66. The Morgan fingerprint density at radius 2 is 1.69 bits per heavy atom. The van der Waals surface area contributed by atoms with Gasteiger partial charge in [0.05, 0.1) is 11.4 Å². The molecule has 1 aliphatic heterocycles. The molecule has 26 heavy (non-hydrogen) atoms. The van der Waals surface area contributed by atoms with E-state index in [1.54, 1.807) is 0 Å². The first kappa shape index (κ1) is 16.8. The normalized spacial score (nSPS) is 15.9. The third-order valence-corrected chi connectivity index (χ3v) is 4.92. The van der Waals surface area contributed by atoms with Crippen LogP contribution < -0.4 is 0 Å². The molecular weight excluding hydrogens is 322 g/mol. The van der Waals surface area contributed by atoms with Crippen LogP contribution in [0.2, 0.25) is 0 Å². The Kier molecular flexibility index (Phi) is 4.97. The number of aromatic nitrogens is 4. The molecule has 0 N–H and O–H groups in total. The van der Waals surface area contributed by atoms with Crippen molar-refractivity contribution in [2.75, 3.05) is 13.1 Å². The standard InChI is InChI=1S/C21H23N5/c1-16-11-22-14-20(25-16)18-7-9-26(10-8-18)15-17-12-23-21(24-13-17)19-5-3-2-4-6-19/h2-6,11-14,18H,7-10,15H2,1H3. The fraction of sp³-hybridized carbons (Fsp3) is 0.333. The van der Waals surface area contributed by atoms with Crippen LogP contribution in [-0.4, -0.2) is 37.9 Å². The lowest BCUT2D eigenvalue weighted by Gasteiger charge is -2.31. The minimum Gasteiger partial charge on any atom is -0.299 e. The zero-order valence-electron chi connectivity index (χ0n) is 15.0. The Morgan fingerprint density at radius 3 is 2.38 bits per heavy atom. The molecule has 5 nitrogen and oxygen atoms in total. The lowest BCUT2D eigenvalue weighted by atomic mass is 9.93. The molecule has 2 aromatic heterocycles. The van der Waals surface area contributed by atoms with Crippen LogP contribution in [0.1, 0.15) is 35.7 Å². The van der Waals surface area contributed by atoms with Gasteiger partial charge in [-0.2, -0.15) is 0 Å². The molecule has 0 bridgehead atoms. The van der Waals surface area contributed by atoms with Crippen molar-refractivity contribution in [1.82, 2.24) is 24.8 Å². The van der Waals surface area contributed by atoms with Gasteiger partial charge in [-0.3, -0.25) is 14.9 Å². The molecule has 0 saturated carbocycles. The summed E-state index contributed by atoms with van der Waals surface area (Å²) >= 11 is 0. The highest BCUT2D eigenvalue weighted by Crippen LogP contribution is 2.27. The van der Waals surface area contributed by atoms with E-state index in [9.17, 15) is 0 Å². The highest BCUT2D eigenvalue weighted by molar-refractivity contribution is 5.53. The molecule has 0 spiro atoms. The molecule has 5 heteroatoms. The molecule has 0 amide bonds. The van der Waals surface area contributed by atoms with E-state index in [0.29, 0.717) is 5.92 Å². The predicted molar refractivity (Wildman–Crippen MR) is 101 cm³/mol. The van der Waals surface area contributed by atoms with Crippen LogP contribution in [0, 0.1) is 6.92 Å². The molecule has 3 heterocycles. The van der Waals surface area contributed by atoms with Crippen LogP contribution in [0.3, 0.4) is 0 Å². The summed E-state index contributed by atoms with van der Waals surface area (Å²) in [5.41, 5.74) is 4.36. The van der Waals surface area contributed by atoms with Crippen LogP contribution in [0.4, 0.5) is 0 Å². The molecule has 0 atom stereocenters. The Balaban J connectivity index is 1.34. The summed E-state index contributed by atoms with van der Waals surface area (Å²) in [6, 6.07) is 10.1. The van der Waals surface area contributed by atoms with E-state index in [0.717, 1.165) is 55.3 Å². The molecule has 0 radical (unpaired) electrons. The SMILES string of the molecule is Cc1cncc(C2CCN(Cc3cnc(-c4ccccc4)nc3)CC2)n1. The molecule has 132 valence electrons. The molecule has 1 saturated heterocycles. The molecule has 4 rings (SSSR count). The van der Waals surface area contributed by atoms with Crippen LogP contribution in [0.5, 0.6) is 0 Å². The summed E-state index contributed by atoms with van der Waals surface area (Å²) in [5, 5.41) is 0. The zero-order chi connectivity index (χ0) is 17.8. The fourth-order valence-corrected chi connectivity index (χ4v) is 3.50. The lowest BCUT2D eigenvalue weighted by Crippen LogP contribution is -2.32. The number of hydrogen-bond donors (Lipinski definition) is 0. The Morgan fingerprint density at radius 1 is 0.962 bits per heavy atom. The van der Waals surface area contributed by atoms with Crippen molar-refractivity contribution in [2.45, 2.75) is 32.2 Å². The fourth-order valence-electron chi connectivity index (χ4n) is 3.50. The highest BCUT2D eigenvalue weighted by Gasteiger charge is 2.22. The highest BCUT2D eigenvalue weighted by atomic mass is 15.1. The number of hydrogen-bond acceptors (Lipinski definition) is 5. The van der Waals surface area contributed by atoms with Gasteiger partial charge in [-0.1, -0.05) is 30.3 Å². The van der Waals surface area contributed by atoms with Crippen molar-refractivity contribution in [2.24, 2.45) is 0 Å². The summed E-state index contributed by atoms with van der Waals surface area (Å²) < 4.78 is 0. The number of benzene rings is 1. The maximum Gasteiger partial charge on any atom is 0.159 e. The molecule has 0 aliphatic carbocycles. The maximum absolute atomic E-state index is 4.64. The number of aryl methyl sites for hydroxylation is 1. The summed E-state index contributed by atoms with van der Waals surface area (Å²) in [5.74, 6) is 1.31. The van der Waals surface area contributed by atoms with E-state index in [1.165, 1.54) is 5.56 Å². The van der Waals surface area contributed by atoms with Gasteiger partial charge in [0.25, 0.3) is 0 Å². The van der Waals surface area contributed by atoms with Gasteiger partial charge in [0.2, 0.25) is 0 Å². The predicted octanol–water partition coefficient (Wildman–Crippen LogP) is 3.62. The number of likely N-dealkylation sites (tertiary alicyclic amines) is 1. The first-order chi connectivity index (χ1) is 12.8. The molecule has 1 aliphatic rings. The van der Waals surface area contributed by atoms with Gasteiger partial charge >= 0.3 is 0 Å². The van der Waals surface area contributed by atoms with E-state index in [4.69, 9.17) is 0 Å². The largest absolute Gasteiger partial charge is 0.299 e. The van der Waals surface area contributed by atoms with Gasteiger partial charge in [0.15, 0.2) is 5.82 Å². The van der Waals surface area contributed by atoms with Crippen molar-refractivity contribution in [3.8, 4) is 11.4 Å². The van der Waals surface area contributed by atoms with Crippen LogP contribution in [0.25, 0.3) is 11.4 Å². The van der Waals surface area contributed by atoms with Crippen molar-refractivity contribution < 1.29 is 0 Å². The van der Waals surface area contributed by atoms with Gasteiger partial charge in [-0.15, -0.1) is 0 Å². The van der Waals surface area contributed by atoms with E-state index < -0.39 is 0 Å². The first-order valence-electron chi connectivity index (χ1n) is 9.15. The minimum atomic E-state index is 0.523. The second-order valence-corrected chi connectivity index (χ2v) is 6.92. The second kappa shape index (κ2) is 7.70. The number of piperidine rings is 1. The van der Waals surface area contributed by atoms with Crippen LogP contribution >= 0.6 is 0 Å². The van der Waals surface area contributed by atoms with Crippen molar-refractivity contribution in [3.05, 3.63) is 72.1 Å². The Bertz CT molecular complexity index is 840. The molecule has 0 unspecified atom stereocenters. The Labute approximate surface area is 154 Å². The van der Waals surface area contributed by atoms with E-state index in [1.807, 2.05) is 62.0 Å². The third-order valence-electron chi connectivity index (χ3n) is 4.92. The summed E-state index contributed by atoms with van der Waals surface area (Å²) in [6.45, 7) is 5.05. The van der Waals surface area contributed by atoms with Gasteiger partial charge in [-0.25, -0.2) is 9.97 Å². The second-order valence-electron chi connectivity index (χ2n) is 6.92. The number of rotatable bonds is 4. The average molecular weight is 345 g/mol. The minimum absolute atomic E-state index is 0.523. The van der Waals surface area contributed by atoms with E-state index in [-0.39, 0.29) is 0 Å². The topological polar surface area (TPSA) is 54.8 Å². The molecule has 1 aromatic carbocycles. The molecule has 1 fully saturated rings. The lowest BCUT2D eigenvalue weighted by molar-refractivity contribution is 0.202. The quantitative estimate of drug-likeness (QED) is 0.723. The van der Waals surface area contributed by atoms with Crippen LogP contribution in [-0.2, 0) is 6.54 Å². The first-order valence-corrected chi connectivity index (χ1v) is 9.15. The third kappa shape index (κ3) is 3.94. The van der Waals surface area contributed by atoms with E-state index >= 15 is 0 Å². The smallest absolute Gasteiger partial charge is 0.159 e. The van der Waals surface area contributed by atoms with Gasteiger partial charge in [0, 0.05) is 48.4 Å². The van der Waals surface area contributed by atoms with Crippen molar-refractivity contribution >= 4 is 0 Å². The summed E-state index contributed by atoms with van der Waals surface area (Å²) in [7, 11) is 0. The average Bonchev–Trinajstić information content (AvgIpc) is 2.70. The van der Waals surface area contributed by atoms with E-state index in [2.05, 4.69) is 24.8 Å². The van der Waals surface area contributed by atoms with Gasteiger partial charge in [0.1, 0.15) is 0 Å². The zero-order valence-corrected chi connectivity index (χ0v) is 15.0. The van der Waals surface area contributed by atoms with Crippen molar-refractivity contribution in [3.63, 3.8) is 0 Å². The van der Waals surface area contributed by atoms with Gasteiger partial charge in [-0.05, 0) is 32.9 Å². The van der Waals surface area contributed by atoms with Crippen molar-refractivity contribution in [1.29, 1.82) is 0 Å². The molecule has 3 aromatic rings. The monoisotopic (exact) mass is 345 g/mol. The maximum atomic E-state index is 4.64. The summed E-state index contributed by atoms with van der Waals surface area (Å²) in [4.78, 5) is 20.5. The number of nitrogens with zero attached hydrogens (tertiary/aromatic N) is 5.